The van der Waals surface area contributed by atoms with E-state index in [2.05, 4.69) is 66.8 Å². The van der Waals surface area contributed by atoms with Crippen molar-refractivity contribution in [2.75, 3.05) is 13.1 Å². The summed E-state index contributed by atoms with van der Waals surface area (Å²) in [5.41, 5.74) is 4.10. The largest absolute Gasteiger partial charge is 0.316 e. The first kappa shape index (κ1) is 13.8. The maximum atomic E-state index is 3.51. The zero-order chi connectivity index (χ0) is 13.3. The summed E-state index contributed by atoms with van der Waals surface area (Å²) >= 11 is 0. The molecule has 2 rings (SSSR count). The summed E-state index contributed by atoms with van der Waals surface area (Å²) in [5, 5.41) is 3.51. The molecule has 0 amide bonds. The van der Waals surface area contributed by atoms with Crippen molar-refractivity contribution in [2.24, 2.45) is 0 Å². The van der Waals surface area contributed by atoms with E-state index in [4.69, 9.17) is 0 Å². The highest BCUT2D eigenvalue weighted by atomic mass is 14.8. The second-order valence-electron chi connectivity index (χ2n) is 4.88. The van der Waals surface area contributed by atoms with Crippen LogP contribution in [-0.4, -0.2) is 13.1 Å². The molecular formula is C18H23N. The van der Waals surface area contributed by atoms with Gasteiger partial charge in [0, 0.05) is 0 Å². The van der Waals surface area contributed by atoms with Crippen LogP contribution in [0, 0.1) is 0 Å². The molecule has 0 spiro atoms. The van der Waals surface area contributed by atoms with Crippen LogP contribution in [0.15, 0.2) is 54.6 Å². The van der Waals surface area contributed by atoms with Crippen molar-refractivity contribution in [1.29, 1.82) is 0 Å². The summed E-state index contributed by atoms with van der Waals surface area (Å²) in [6.07, 6.45) is 3.61. The lowest BCUT2D eigenvalue weighted by molar-refractivity contribution is 0.640. The van der Waals surface area contributed by atoms with E-state index < -0.39 is 0 Å². The predicted molar refractivity (Wildman–Crippen MR) is 83.4 cm³/mol. The Labute approximate surface area is 116 Å². The number of hydrogen-bond donors (Lipinski definition) is 1. The van der Waals surface area contributed by atoms with Crippen molar-refractivity contribution < 1.29 is 0 Å². The molecule has 0 heterocycles. The first-order valence-electron chi connectivity index (χ1n) is 7.26. The number of hydrogen-bond acceptors (Lipinski definition) is 1. The third kappa shape index (κ3) is 4.22. The summed E-state index contributed by atoms with van der Waals surface area (Å²) in [5.74, 6) is 0. The van der Waals surface area contributed by atoms with Crippen LogP contribution in [0.5, 0.6) is 0 Å². The van der Waals surface area contributed by atoms with Crippen LogP contribution in [0.25, 0.3) is 11.1 Å². The lowest BCUT2D eigenvalue weighted by atomic mass is 9.98. The Morgan fingerprint density at radius 2 is 1.58 bits per heavy atom. The van der Waals surface area contributed by atoms with E-state index in [-0.39, 0.29) is 0 Å². The van der Waals surface area contributed by atoms with Gasteiger partial charge in [0.25, 0.3) is 0 Å². The van der Waals surface area contributed by atoms with E-state index in [0.717, 1.165) is 19.5 Å². The van der Waals surface area contributed by atoms with Crippen LogP contribution in [0.3, 0.4) is 0 Å². The molecule has 1 heteroatoms. The Bertz CT molecular complexity index is 476. The van der Waals surface area contributed by atoms with Gasteiger partial charge in [-0.05, 0) is 42.6 Å². The molecule has 0 aliphatic carbocycles. The minimum Gasteiger partial charge on any atom is -0.316 e. The molecule has 0 atom stereocenters. The molecule has 2 aromatic carbocycles. The van der Waals surface area contributed by atoms with E-state index in [9.17, 15) is 0 Å². The minimum atomic E-state index is 1.06. The second-order valence-corrected chi connectivity index (χ2v) is 4.88. The van der Waals surface area contributed by atoms with Crippen LogP contribution in [0.2, 0.25) is 0 Å². The highest BCUT2D eigenvalue weighted by Crippen LogP contribution is 2.23. The normalized spacial score (nSPS) is 10.6. The fraction of sp³-hybridized carbons (Fsp3) is 0.333. The van der Waals surface area contributed by atoms with Gasteiger partial charge in [0.2, 0.25) is 0 Å². The van der Waals surface area contributed by atoms with Gasteiger partial charge in [0.1, 0.15) is 0 Å². The molecule has 0 aliphatic heterocycles. The highest BCUT2D eigenvalue weighted by molar-refractivity contribution is 5.67. The maximum Gasteiger partial charge on any atom is -0.000813 e. The summed E-state index contributed by atoms with van der Waals surface area (Å²) in [7, 11) is 0. The quantitative estimate of drug-likeness (QED) is 0.726. The molecule has 0 aromatic heterocycles. The first-order chi connectivity index (χ1) is 9.42. The molecule has 0 radical (unpaired) electrons. The van der Waals surface area contributed by atoms with E-state index in [1.807, 2.05) is 0 Å². The molecule has 0 bridgehead atoms. The Hall–Kier alpha value is -1.60. The van der Waals surface area contributed by atoms with Gasteiger partial charge in [-0.1, -0.05) is 67.9 Å². The van der Waals surface area contributed by atoms with Crippen molar-refractivity contribution in [1.82, 2.24) is 5.32 Å². The summed E-state index contributed by atoms with van der Waals surface area (Å²) in [6, 6.07) is 19.4. The fourth-order valence-electron chi connectivity index (χ4n) is 2.29. The average molecular weight is 253 g/mol. The lowest BCUT2D eigenvalue weighted by Gasteiger charge is -2.10. The van der Waals surface area contributed by atoms with Gasteiger partial charge >= 0.3 is 0 Å². The maximum absolute atomic E-state index is 3.51. The Morgan fingerprint density at radius 1 is 0.842 bits per heavy atom. The van der Waals surface area contributed by atoms with Gasteiger partial charge in [0.05, 0.1) is 0 Å². The first-order valence-corrected chi connectivity index (χ1v) is 7.26. The van der Waals surface area contributed by atoms with Crippen LogP contribution in [0.1, 0.15) is 25.3 Å². The van der Waals surface area contributed by atoms with E-state index in [1.54, 1.807) is 0 Å². The molecule has 2 aromatic rings. The molecule has 0 saturated heterocycles. The summed E-state index contributed by atoms with van der Waals surface area (Å²) in [4.78, 5) is 0. The monoisotopic (exact) mass is 253 g/mol. The Balaban J connectivity index is 2.01. The smallest absolute Gasteiger partial charge is 0.000813 e. The number of nitrogens with one attached hydrogen (secondary N) is 1. The Morgan fingerprint density at radius 3 is 2.37 bits per heavy atom. The zero-order valence-electron chi connectivity index (χ0n) is 11.7. The van der Waals surface area contributed by atoms with Crippen LogP contribution in [0.4, 0.5) is 0 Å². The molecule has 1 nitrogen and oxygen atoms in total. The average Bonchev–Trinajstić information content (AvgIpc) is 2.48. The third-order valence-electron chi connectivity index (χ3n) is 3.38. The van der Waals surface area contributed by atoms with Gasteiger partial charge in [-0.2, -0.15) is 0 Å². The Kier molecular flexibility index (Phi) is 5.64. The van der Waals surface area contributed by atoms with Crippen molar-refractivity contribution >= 4 is 0 Å². The molecule has 100 valence electrons. The number of rotatable bonds is 7. The number of benzene rings is 2. The fourth-order valence-corrected chi connectivity index (χ4v) is 2.29. The van der Waals surface area contributed by atoms with Crippen molar-refractivity contribution in [3.63, 3.8) is 0 Å². The lowest BCUT2D eigenvalue weighted by Crippen LogP contribution is -2.18. The third-order valence-corrected chi connectivity index (χ3v) is 3.38. The van der Waals surface area contributed by atoms with Gasteiger partial charge in [-0.25, -0.2) is 0 Å². The SMILES string of the molecule is CCCCNCCc1ccccc1-c1ccccc1. The van der Waals surface area contributed by atoms with E-state index in [1.165, 1.54) is 29.5 Å². The number of unbranched alkanes of at least 4 members (excludes halogenated alkanes) is 1. The van der Waals surface area contributed by atoms with Crippen LogP contribution < -0.4 is 5.32 Å². The molecule has 0 saturated carbocycles. The zero-order valence-corrected chi connectivity index (χ0v) is 11.7. The summed E-state index contributed by atoms with van der Waals surface area (Å²) in [6.45, 7) is 4.42. The molecule has 0 fully saturated rings. The van der Waals surface area contributed by atoms with Crippen molar-refractivity contribution in [3.05, 3.63) is 60.2 Å². The molecule has 0 aliphatic rings. The summed E-state index contributed by atoms with van der Waals surface area (Å²) < 4.78 is 0. The topological polar surface area (TPSA) is 12.0 Å². The van der Waals surface area contributed by atoms with Crippen molar-refractivity contribution in [3.8, 4) is 11.1 Å². The highest BCUT2D eigenvalue weighted by Gasteiger charge is 2.03. The second kappa shape index (κ2) is 7.75. The van der Waals surface area contributed by atoms with Gasteiger partial charge in [-0.15, -0.1) is 0 Å². The van der Waals surface area contributed by atoms with Crippen molar-refractivity contribution in [2.45, 2.75) is 26.2 Å². The standard InChI is InChI=1S/C18H23N/c1-2-3-14-19-15-13-17-11-7-8-12-18(17)16-9-5-4-6-10-16/h4-12,19H,2-3,13-15H2,1H3. The molecular weight excluding hydrogens is 230 g/mol. The van der Waals surface area contributed by atoms with Crippen LogP contribution in [-0.2, 0) is 6.42 Å². The van der Waals surface area contributed by atoms with Crippen LogP contribution >= 0.6 is 0 Å². The predicted octanol–water partition coefficient (Wildman–Crippen LogP) is 4.29. The van der Waals surface area contributed by atoms with E-state index >= 15 is 0 Å². The molecule has 1 N–H and O–H groups in total. The van der Waals surface area contributed by atoms with Gasteiger partial charge in [-0.3, -0.25) is 0 Å². The molecule has 0 unspecified atom stereocenters. The molecule has 19 heavy (non-hydrogen) atoms. The van der Waals surface area contributed by atoms with Gasteiger partial charge in [0.15, 0.2) is 0 Å². The van der Waals surface area contributed by atoms with Gasteiger partial charge < -0.3 is 5.32 Å². The minimum absolute atomic E-state index is 1.06. The van der Waals surface area contributed by atoms with E-state index in [0.29, 0.717) is 0 Å².